The van der Waals surface area contributed by atoms with E-state index in [1.807, 2.05) is 0 Å². The van der Waals surface area contributed by atoms with Crippen molar-refractivity contribution in [1.29, 1.82) is 0 Å². The second-order valence-electron chi connectivity index (χ2n) is 16.1. The van der Waals surface area contributed by atoms with E-state index >= 15 is 0 Å². The summed E-state index contributed by atoms with van der Waals surface area (Å²) in [7, 11) is 8.47. The minimum absolute atomic E-state index is 0.0664. The second-order valence-corrected chi connectivity index (χ2v) is 17.2. The van der Waals surface area contributed by atoms with Crippen LogP contribution in [0.4, 0.5) is 0 Å². The maximum Gasteiger partial charge on any atom is 0.299 e. The van der Waals surface area contributed by atoms with Crippen LogP contribution < -0.4 is 12.7 Å². The topological polar surface area (TPSA) is 72.4 Å². The summed E-state index contributed by atoms with van der Waals surface area (Å²) in [6.45, 7) is 22.5. The van der Waals surface area contributed by atoms with E-state index in [0.717, 1.165) is 29.7 Å². The number of carbonyl (C=O) groups excluding carboxylic acids is 2. The van der Waals surface area contributed by atoms with Crippen molar-refractivity contribution in [2.75, 3.05) is 7.11 Å². The van der Waals surface area contributed by atoms with Gasteiger partial charge in [0.2, 0.25) is 0 Å². The van der Waals surface area contributed by atoms with Crippen LogP contribution >= 0.6 is 34.5 Å². The standard InChI is InChI=1S/C31H36N2O.C8H7ClO.C7H14IN.C6H9BO2/c1-8-25-14-13-22(4)29(20-25)28(21(2)3)19-23(5)34-24(6)33-18-10-12-27-16-15-26-11-9-17-32(7)30(26)31(27)33;1-6(10)7-2-4-8(9)5-3-7;1-6-4-2-3-5-7(6)9-8;1-5(9-2)3-4-6(7)8/h9-18,20,24H,5,8,19H2,1-4,6-7H3;2-5H,1H3;6-7,9H,2-5H2,1H3;1,3-4H2,2H3/q+2;;;/t;;6-,7-;/m..0./s1. The average Bonchev–Trinajstić information content (AvgIpc) is 3.25. The summed E-state index contributed by atoms with van der Waals surface area (Å²) < 4.78 is 18.9. The van der Waals surface area contributed by atoms with Crippen molar-refractivity contribution in [2.24, 2.45) is 13.0 Å². The van der Waals surface area contributed by atoms with E-state index in [0.29, 0.717) is 35.6 Å². The molecule has 1 unspecified atom stereocenters. The molecule has 2 heterocycles. The van der Waals surface area contributed by atoms with Gasteiger partial charge in [0.25, 0.3) is 17.3 Å². The van der Waals surface area contributed by atoms with Crippen LogP contribution in [0.25, 0.3) is 27.4 Å². The molecule has 2 radical (unpaired) electrons. The largest absolute Gasteiger partial charge is 0.502 e. The summed E-state index contributed by atoms with van der Waals surface area (Å²) in [5.74, 6) is 2.33. The predicted molar refractivity (Wildman–Crippen MR) is 267 cm³/mol. The van der Waals surface area contributed by atoms with Gasteiger partial charge in [-0.1, -0.05) is 75.2 Å². The fourth-order valence-electron chi connectivity index (χ4n) is 7.31. The number of ether oxygens (including phenoxy) is 2. The maximum absolute atomic E-state index is 10.7. The number of rotatable bonds is 13. The van der Waals surface area contributed by atoms with Gasteiger partial charge in [-0.15, -0.1) is 0 Å². The van der Waals surface area contributed by atoms with Crippen molar-refractivity contribution in [1.82, 2.24) is 3.53 Å². The first-order valence-electron chi connectivity index (χ1n) is 21.5. The van der Waals surface area contributed by atoms with E-state index in [1.54, 1.807) is 24.3 Å². The lowest BCUT2D eigenvalue weighted by Crippen LogP contribution is -2.42. The first-order valence-corrected chi connectivity index (χ1v) is 22.9. The fraction of sp³-hybridized carbons (Fsp3) is 0.385. The molecule has 62 heavy (non-hydrogen) atoms. The number of allylic oxidation sites excluding steroid dienone is 3. The van der Waals surface area contributed by atoms with Gasteiger partial charge in [0.1, 0.15) is 12.8 Å². The minimum Gasteiger partial charge on any atom is -0.502 e. The Hall–Kier alpha value is -4.32. The van der Waals surface area contributed by atoms with Gasteiger partial charge in [0.15, 0.2) is 26.0 Å². The van der Waals surface area contributed by atoms with E-state index in [9.17, 15) is 9.59 Å². The SMILES string of the molecule is C=C(CC(=C(C)C)c1cc(CC)ccc1C)OC(C)[n+]1cccc2ccc3ccc[n+](C)c3c21.CC(=O)c1ccc(Cl)cc1.C[C@H]1CCCC[C@@H]1NI.[B]C(=O)CCC(=C)OC. The van der Waals surface area contributed by atoms with Crippen molar-refractivity contribution < 1.29 is 28.2 Å². The Balaban J connectivity index is 0.000000294. The lowest BCUT2D eigenvalue weighted by Gasteiger charge is -2.27. The number of aromatic nitrogens is 2. The minimum atomic E-state index is -0.326. The lowest BCUT2D eigenvalue weighted by atomic mass is 9.87. The molecule has 3 aromatic carbocycles. The number of nitrogens with one attached hydrogen (secondary N) is 1. The van der Waals surface area contributed by atoms with Crippen molar-refractivity contribution >= 4 is 81.2 Å². The van der Waals surface area contributed by atoms with E-state index < -0.39 is 0 Å². The van der Waals surface area contributed by atoms with Gasteiger partial charge < -0.3 is 14.3 Å². The Morgan fingerprint density at radius 2 is 1.55 bits per heavy atom. The molecule has 1 aliphatic rings. The van der Waals surface area contributed by atoms with Crippen LogP contribution in [0.15, 0.2) is 122 Å². The van der Waals surface area contributed by atoms with Crippen LogP contribution in [0.3, 0.4) is 0 Å². The first kappa shape index (κ1) is 52.0. The number of benzene rings is 3. The van der Waals surface area contributed by atoms with Gasteiger partial charge in [0, 0.05) is 77.8 Å². The number of aryl methyl sites for hydroxylation is 3. The highest BCUT2D eigenvalue weighted by Crippen LogP contribution is 2.31. The molecule has 1 aliphatic carbocycles. The van der Waals surface area contributed by atoms with Gasteiger partial charge in [-0.3, -0.25) is 8.32 Å². The molecule has 6 rings (SSSR count). The van der Waals surface area contributed by atoms with Gasteiger partial charge >= 0.3 is 0 Å². The Morgan fingerprint density at radius 1 is 0.919 bits per heavy atom. The van der Waals surface area contributed by atoms with Crippen LogP contribution in [0.1, 0.15) is 120 Å². The number of pyridine rings is 2. The molecule has 1 fully saturated rings. The van der Waals surface area contributed by atoms with Crippen molar-refractivity contribution in [2.45, 2.75) is 112 Å². The average molecular weight is 970 g/mol. The highest BCUT2D eigenvalue weighted by Gasteiger charge is 2.25. The van der Waals surface area contributed by atoms with Gasteiger partial charge in [-0.2, -0.15) is 9.13 Å². The molecule has 7 nitrogen and oxygen atoms in total. The zero-order valence-electron chi connectivity index (χ0n) is 38.3. The Bertz CT molecular complexity index is 2320. The van der Waals surface area contributed by atoms with E-state index in [4.69, 9.17) is 28.9 Å². The van der Waals surface area contributed by atoms with Crippen LogP contribution in [0, 0.1) is 12.8 Å². The molecule has 2 aromatic heterocycles. The van der Waals surface area contributed by atoms with Crippen LogP contribution in [-0.2, 0) is 27.7 Å². The second kappa shape index (κ2) is 26.3. The van der Waals surface area contributed by atoms with Gasteiger partial charge in [0.05, 0.1) is 29.3 Å². The monoisotopic (exact) mass is 969 g/mol. The third-order valence-corrected chi connectivity index (χ3v) is 12.2. The highest BCUT2D eigenvalue weighted by atomic mass is 127. The number of fused-ring (bicyclic) bond motifs is 3. The number of Topliss-reactive ketones (excluding diaryl/α,β-unsaturated/α-hetero) is 1. The third kappa shape index (κ3) is 16.1. The Morgan fingerprint density at radius 3 is 2.10 bits per heavy atom. The molecule has 0 amide bonds. The molecule has 1 N–H and O–H groups in total. The zero-order valence-corrected chi connectivity index (χ0v) is 41.2. The molecule has 10 heteroatoms. The number of nitrogens with zero attached hydrogens (tertiary/aromatic N) is 2. The Kier molecular flexibility index (Phi) is 22.1. The van der Waals surface area contributed by atoms with Crippen molar-refractivity contribution in [3.8, 4) is 0 Å². The summed E-state index contributed by atoms with van der Waals surface area (Å²) in [4.78, 5) is 20.9. The summed E-state index contributed by atoms with van der Waals surface area (Å²) in [5.41, 5.74) is 9.26. The summed E-state index contributed by atoms with van der Waals surface area (Å²) in [6, 6.07) is 27.2. The number of hydrogen-bond acceptors (Lipinski definition) is 5. The van der Waals surface area contributed by atoms with Gasteiger partial charge in [-0.05, 0) is 124 Å². The third-order valence-electron chi connectivity index (χ3n) is 11.1. The van der Waals surface area contributed by atoms with Crippen LogP contribution in [0.2, 0.25) is 5.02 Å². The molecular formula is C52H66BClIN3O4+2. The van der Waals surface area contributed by atoms with Crippen molar-refractivity contribution in [3.05, 3.63) is 149 Å². The van der Waals surface area contributed by atoms with Gasteiger partial charge in [-0.25, -0.2) is 0 Å². The number of ketones is 1. The number of hydrogen-bond donors (Lipinski definition) is 1. The maximum atomic E-state index is 10.7. The molecule has 3 atom stereocenters. The number of carbonyl (C=O) groups is 2. The van der Waals surface area contributed by atoms with E-state index in [-0.39, 0.29) is 17.7 Å². The molecule has 0 bridgehead atoms. The molecule has 0 spiro atoms. The zero-order chi connectivity index (χ0) is 45.9. The smallest absolute Gasteiger partial charge is 0.299 e. The molecule has 0 saturated heterocycles. The summed E-state index contributed by atoms with van der Waals surface area (Å²) in [6.07, 6.45) is 12.2. The fourth-order valence-corrected chi connectivity index (χ4v) is 8.36. The van der Waals surface area contributed by atoms with Crippen LogP contribution in [0.5, 0.6) is 0 Å². The summed E-state index contributed by atoms with van der Waals surface area (Å²) >= 11 is 7.88. The normalized spacial score (nSPS) is 14.7. The quantitative estimate of drug-likeness (QED) is 0.0242. The Labute approximate surface area is 391 Å². The molecule has 1 saturated carbocycles. The summed E-state index contributed by atoms with van der Waals surface area (Å²) in [5, 5.41) is 3.06. The number of methoxy groups -OCH3 is 1. The molecule has 328 valence electrons. The highest BCUT2D eigenvalue weighted by molar-refractivity contribution is 14.1. The predicted octanol–water partition coefficient (Wildman–Crippen LogP) is 12.6. The van der Waals surface area contributed by atoms with Crippen LogP contribution in [-0.4, -0.2) is 32.5 Å². The molecule has 5 aromatic rings. The van der Waals surface area contributed by atoms with E-state index in [1.165, 1.54) is 83.8 Å². The number of halogens is 2. The molecule has 0 aliphatic heterocycles. The lowest BCUT2D eigenvalue weighted by molar-refractivity contribution is -0.736. The first-order chi connectivity index (χ1) is 29.5. The van der Waals surface area contributed by atoms with Crippen molar-refractivity contribution in [3.63, 3.8) is 0 Å². The molecular weight excluding hydrogens is 904 g/mol. The van der Waals surface area contributed by atoms with E-state index in [2.05, 4.69) is 164 Å².